The van der Waals surface area contributed by atoms with Gasteiger partial charge in [0.05, 0.1) is 17.5 Å². The van der Waals surface area contributed by atoms with E-state index in [2.05, 4.69) is 15.3 Å². The summed E-state index contributed by atoms with van der Waals surface area (Å²) in [5.74, 6) is 0.814. The van der Waals surface area contributed by atoms with E-state index in [-0.39, 0.29) is 24.9 Å². The van der Waals surface area contributed by atoms with Crippen molar-refractivity contribution in [1.82, 2.24) is 9.97 Å². The first-order valence-electron chi connectivity index (χ1n) is 9.99. The summed E-state index contributed by atoms with van der Waals surface area (Å²) < 4.78 is 16.7. The van der Waals surface area contributed by atoms with Gasteiger partial charge in [-0.1, -0.05) is 12.1 Å². The Bertz CT molecular complexity index is 1290. The van der Waals surface area contributed by atoms with Crippen molar-refractivity contribution in [1.29, 1.82) is 0 Å². The highest BCUT2D eigenvalue weighted by atomic mass is 32.1. The Labute approximate surface area is 193 Å². The molecule has 10 heteroatoms. The molecule has 0 spiro atoms. The van der Waals surface area contributed by atoms with Crippen molar-refractivity contribution >= 4 is 45.0 Å². The van der Waals surface area contributed by atoms with Crippen molar-refractivity contribution in [2.45, 2.75) is 13.5 Å². The van der Waals surface area contributed by atoms with Crippen molar-refractivity contribution in [3.8, 4) is 11.5 Å². The van der Waals surface area contributed by atoms with Gasteiger partial charge < -0.3 is 25.3 Å². The van der Waals surface area contributed by atoms with Crippen LogP contribution in [0, 0.1) is 0 Å². The molecule has 168 valence electrons. The monoisotopic (exact) mass is 464 g/mol. The minimum absolute atomic E-state index is 0.201. The molecule has 33 heavy (non-hydrogen) atoms. The average molecular weight is 465 g/mol. The van der Waals surface area contributed by atoms with Gasteiger partial charge in [-0.2, -0.15) is 0 Å². The maximum atomic E-state index is 12.3. The average Bonchev–Trinajstić information content (AvgIpc) is 3.26. The van der Waals surface area contributed by atoms with Crippen LogP contribution in [0.15, 0.2) is 60.2 Å². The fourth-order valence-corrected chi connectivity index (χ4v) is 4.05. The van der Waals surface area contributed by atoms with Crippen LogP contribution in [-0.4, -0.2) is 28.6 Å². The van der Waals surface area contributed by atoms with Gasteiger partial charge >= 0.3 is 6.16 Å². The molecule has 4 rings (SSSR count). The number of amides is 1. The van der Waals surface area contributed by atoms with Crippen LogP contribution in [0.2, 0.25) is 0 Å². The summed E-state index contributed by atoms with van der Waals surface area (Å²) in [5, 5.41) is 5.32. The lowest BCUT2D eigenvalue weighted by Gasteiger charge is -2.10. The van der Waals surface area contributed by atoms with E-state index in [0.29, 0.717) is 33.0 Å². The molecule has 3 aromatic heterocycles. The van der Waals surface area contributed by atoms with Gasteiger partial charge in [0.1, 0.15) is 23.9 Å². The number of nitrogens with one attached hydrogen (secondary N) is 1. The van der Waals surface area contributed by atoms with E-state index in [0.717, 1.165) is 5.56 Å². The van der Waals surface area contributed by atoms with Gasteiger partial charge in [0, 0.05) is 28.9 Å². The molecule has 9 nitrogen and oxygen atoms in total. The minimum atomic E-state index is -0.805. The molecule has 0 saturated carbocycles. The summed E-state index contributed by atoms with van der Waals surface area (Å²) >= 11 is 1.36. The molecule has 0 aliphatic rings. The largest absolute Gasteiger partial charge is 0.513 e. The van der Waals surface area contributed by atoms with E-state index in [1.807, 2.05) is 5.38 Å². The number of anilines is 2. The summed E-state index contributed by atoms with van der Waals surface area (Å²) in [6, 6.07) is 12.2. The Hall–Kier alpha value is -4.18. The molecule has 3 N–H and O–H groups in total. The molecule has 3 heterocycles. The topological polar surface area (TPSA) is 126 Å². The Kier molecular flexibility index (Phi) is 6.65. The quantitative estimate of drug-likeness (QED) is 0.379. The number of nitrogen functional groups attached to an aromatic ring is 1. The number of fused-ring (bicyclic) bond motifs is 1. The summed E-state index contributed by atoms with van der Waals surface area (Å²) in [7, 11) is 0. The van der Waals surface area contributed by atoms with Gasteiger partial charge in [0.25, 0.3) is 5.91 Å². The van der Waals surface area contributed by atoms with E-state index in [1.54, 1.807) is 55.6 Å². The molecule has 0 fully saturated rings. The van der Waals surface area contributed by atoms with Crippen LogP contribution in [0.25, 0.3) is 10.1 Å². The molecule has 4 aromatic rings. The number of hydrogen-bond acceptors (Lipinski definition) is 9. The molecular formula is C23H20N4O5S. The van der Waals surface area contributed by atoms with Crippen molar-refractivity contribution in [3.63, 3.8) is 0 Å². The summed E-state index contributed by atoms with van der Waals surface area (Å²) in [6.07, 6.45) is 2.15. The van der Waals surface area contributed by atoms with E-state index >= 15 is 0 Å². The van der Waals surface area contributed by atoms with Crippen molar-refractivity contribution < 1.29 is 23.8 Å². The third-order valence-corrected chi connectivity index (χ3v) is 5.55. The van der Waals surface area contributed by atoms with Gasteiger partial charge in [-0.15, -0.1) is 11.3 Å². The van der Waals surface area contributed by atoms with Gasteiger partial charge in [0.2, 0.25) is 0 Å². The number of carbonyl (C=O) groups is 2. The number of nitrogens with two attached hydrogens (primary N) is 1. The minimum Gasteiger partial charge on any atom is -0.489 e. The Morgan fingerprint density at radius 2 is 2.03 bits per heavy atom. The number of thiophene rings is 1. The second-order valence-electron chi connectivity index (χ2n) is 6.74. The molecule has 0 aliphatic heterocycles. The fraction of sp³-hybridized carbons (Fsp3) is 0.130. The van der Waals surface area contributed by atoms with Crippen LogP contribution in [0.1, 0.15) is 23.0 Å². The van der Waals surface area contributed by atoms with Crippen molar-refractivity contribution in [2.24, 2.45) is 0 Å². The third kappa shape index (κ3) is 5.18. The van der Waals surface area contributed by atoms with Crippen LogP contribution in [0.3, 0.4) is 0 Å². The number of carbonyl (C=O) groups excluding carboxylic acids is 2. The highest BCUT2D eigenvalue weighted by Crippen LogP contribution is 2.37. The van der Waals surface area contributed by atoms with Crippen LogP contribution in [0.5, 0.6) is 11.5 Å². The predicted molar refractivity (Wildman–Crippen MR) is 125 cm³/mol. The molecule has 0 bridgehead atoms. The zero-order valence-corrected chi connectivity index (χ0v) is 18.4. The molecule has 0 unspecified atom stereocenters. The van der Waals surface area contributed by atoms with Crippen LogP contribution in [-0.2, 0) is 11.3 Å². The molecule has 1 amide bonds. The first-order valence-corrected chi connectivity index (χ1v) is 10.9. The second kappa shape index (κ2) is 9.96. The van der Waals surface area contributed by atoms with Crippen molar-refractivity contribution in [2.75, 3.05) is 17.7 Å². The van der Waals surface area contributed by atoms with Crippen LogP contribution < -0.4 is 20.5 Å². The Morgan fingerprint density at radius 3 is 2.82 bits per heavy atom. The second-order valence-corrected chi connectivity index (χ2v) is 7.62. The molecule has 0 aliphatic carbocycles. The third-order valence-electron chi connectivity index (χ3n) is 4.51. The lowest BCUT2D eigenvalue weighted by molar-refractivity contribution is 0.101. The first-order chi connectivity index (χ1) is 16.0. The molecule has 0 radical (unpaired) electrons. The summed E-state index contributed by atoms with van der Waals surface area (Å²) in [4.78, 5) is 32.2. The summed E-state index contributed by atoms with van der Waals surface area (Å²) in [5.41, 5.74) is 7.76. The summed E-state index contributed by atoms with van der Waals surface area (Å²) in [6.45, 7) is 2.10. The van der Waals surface area contributed by atoms with Gasteiger partial charge in [0.15, 0.2) is 5.75 Å². The maximum Gasteiger partial charge on any atom is 0.513 e. The SMILES string of the molecule is CCOC(=O)Oc1cnc(N)c2c(COc3cccc(NC(=O)c4ccccn4)c3)csc12. The predicted octanol–water partition coefficient (Wildman–Crippen LogP) is 4.64. The number of nitrogens with zero attached hydrogens (tertiary/aromatic N) is 2. The Morgan fingerprint density at radius 1 is 1.15 bits per heavy atom. The van der Waals surface area contributed by atoms with Crippen molar-refractivity contribution in [3.05, 3.63) is 71.5 Å². The van der Waals surface area contributed by atoms with Gasteiger partial charge in [-0.05, 0) is 36.6 Å². The number of pyridine rings is 2. The smallest absolute Gasteiger partial charge is 0.489 e. The lowest BCUT2D eigenvalue weighted by atomic mass is 10.2. The zero-order valence-electron chi connectivity index (χ0n) is 17.6. The molecule has 1 aromatic carbocycles. The first kappa shape index (κ1) is 22.0. The van der Waals surface area contributed by atoms with E-state index in [1.165, 1.54) is 17.5 Å². The van der Waals surface area contributed by atoms with Gasteiger partial charge in [-0.25, -0.2) is 9.78 Å². The van der Waals surface area contributed by atoms with Gasteiger partial charge in [-0.3, -0.25) is 9.78 Å². The lowest BCUT2D eigenvalue weighted by Crippen LogP contribution is -2.13. The highest BCUT2D eigenvalue weighted by molar-refractivity contribution is 7.17. The van der Waals surface area contributed by atoms with E-state index < -0.39 is 6.16 Å². The maximum absolute atomic E-state index is 12.3. The fourth-order valence-electron chi connectivity index (χ4n) is 3.04. The molecule has 0 atom stereocenters. The zero-order chi connectivity index (χ0) is 23.2. The number of hydrogen-bond donors (Lipinski definition) is 2. The number of benzene rings is 1. The highest BCUT2D eigenvalue weighted by Gasteiger charge is 2.17. The molecule has 0 saturated heterocycles. The number of rotatable bonds is 7. The normalized spacial score (nSPS) is 10.6. The molecular weight excluding hydrogens is 444 g/mol. The number of ether oxygens (including phenoxy) is 3. The van der Waals surface area contributed by atoms with Crippen LogP contribution in [0.4, 0.5) is 16.3 Å². The van der Waals surface area contributed by atoms with E-state index in [9.17, 15) is 9.59 Å². The van der Waals surface area contributed by atoms with E-state index in [4.69, 9.17) is 19.9 Å². The standard InChI is InChI=1S/C23H20N4O5S/c1-2-30-23(29)32-18-11-26-21(24)19-14(13-33-20(18)19)12-31-16-7-5-6-15(10-16)27-22(28)17-8-3-4-9-25-17/h3-11,13H,2,12H2,1H3,(H2,24,26)(H,27,28). The Balaban J connectivity index is 1.48. The van der Waals surface area contributed by atoms with Crippen LogP contribution >= 0.6 is 11.3 Å². The number of aromatic nitrogens is 2.